The molecule has 0 aliphatic rings. The van der Waals surface area contributed by atoms with Crippen molar-refractivity contribution >= 4 is 23.5 Å². The molecule has 2 rings (SSSR count). The molecular formula is C15H14N2O5. The lowest BCUT2D eigenvalue weighted by atomic mass is 10.2. The number of nitrogens with one attached hydrogen (secondary N) is 1. The second-order valence-corrected chi connectivity index (χ2v) is 4.46. The number of carbonyl (C=O) groups is 3. The highest BCUT2D eigenvalue weighted by molar-refractivity contribution is 6.02. The molecule has 22 heavy (non-hydrogen) atoms. The van der Waals surface area contributed by atoms with E-state index in [0.717, 1.165) is 0 Å². The van der Waals surface area contributed by atoms with Gasteiger partial charge in [0.05, 0.1) is 11.8 Å². The molecule has 7 nitrogen and oxygen atoms in total. The summed E-state index contributed by atoms with van der Waals surface area (Å²) in [4.78, 5) is 34.4. The van der Waals surface area contributed by atoms with Crippen LogP contribution >= 0.6 is 0 Å². The summed E-state index contributed by atoms with van der Waals surface area (Å²) in [6, 6.07) is 9.14. The van der Waals surface area contributed by atoms with E-state index >= 15 is 0 Å². The highest BCUT2D eigenvalue weighted by Gasteiger charge is 2.16. The summed E-state index contributed by atoms with van der Waals surface area (Å²) in [5.74, 6) is -1.62. The van der Waals surface area contributed by atoms with Crippen LogP contribution in [0.15, 0.2) is 47.1 Å². The molecule has 0 spiro atoms. The number of benzene rings is 1. The van der Waals surface area contributed by atoms with E-state index < -0.39 is 23.9 Å². The minimum atomic E-state index is -1.01. The number of hydrogen-bond donors (Lipinski definition) is 2. The highest BCUT2D eigenvalue weighted by atomic mass is 16.5. The van der Waals surface area contributed by atoms with E-state index in [4.69, 9.17) is 14.9 Å². The van der Waals surface area contributed by atoms with Crippen LogP contribution in [0.5, 0.6) is 0 Å². The van der Waals surface area contributed by atoms with Gasteiger partial charge in [-0.1, -0.05) is 0 Å². The number of primary amides is 1. The molecule has 1 heterocycles. The van der Waals surface area contributed by atoms with Crippen molar-refractivity contribution in [2.24, 2.45) is 5.73 Å². The minimum Gasteiger partial charge on any atom is -0.459 e. The normalized spacial score (nSPS) is 11.5. The van der Waals surface area contributed by atoms with Gasteiger partial charge in [-0.25, -0.2) is 4.79 Å². The van der Waals surface area contributed by atoms with Gasteiger partial charge in [-0.15, -0.1) is 0 Å². The molecule has 3 N–H and O–H groups in total. The molecule has 0 aliphatic carbocycles. The molecule has 1 aromatic carbocycles. The fourth-order valence-corrected chi connectivity index (χ4v) is 1.58. The van der Waals surface area contributed by atoms with Crippen molar-refractivity contribution < 1.29 is 23.5 Å². The number of amides is 2. The van der Waals surface area contributed by atoms with Crippen LogP contribution in [-0.4, -0.2) is 23.9 Å². The molecule has 0 radical (unpaired) electrons. The largest absolute Gasteiger partial charge is 0.459 e. The number of hydrogen-bond acceptors (Lipinski definition) is 5. The van der Waals surface area contributed by atoms with Crippen LogP contribution in [0.4, 0.5) is 5.69 Å². The topological polar surface area (TPSA) is 112 Å². The van der Waals surface area contributed by atoms with Gasteiger partial charge in [0.25, 0.3) is 11.8 Å². The third kappa shape index (κ3) is 3.72. The monoisotopic (exact) mass is 302 g/mol. The molecule has 0 saturated carbocycles. The predicted octanol–water partition coefficient (Wildman–Crippen LogP) is 1.56. The number of ether oxygens (including phenoxy) is 1. The van der Waals surface area contributed by atoms with Crippen molar-refractivity contribution in [3.63, 3.8) is 0 Å². The molecule has 0 saturated heterocycles. The first-order valence-corrected chi connectivity index (χ1v) is 6.42. The van der Waals surface area contributed by atoms with Crippen molar-refractivity contribution in [3.8, 4) is 0 Å². The standard InChI is InChI=1S/C15H14N2O5/c1-9(13(16)18)22-15(20)10-4-6-11(7-5-10)17-14(19)12-3-2-8-21-12/h2-9H,1H3,(H2,16,18)(H,17,19)/t9-/m0/s1. The van der Waals surface area contributed by atoms with Gasteiger partial charge in [0.2, 0.25) is 0 Å². The van der Waals surface area contributed by atoms with Gasteiger partial charge in [-0.3, -0.25) is 9.59 Å². The van der Waals surface area contributed by atoms with Crippen molar-refractivity contribution in [1.82, 2.24) is 0 Å². The van der Waals surface area contributed by atoms with E-state index in [-0.39, 0.29) is 11.3 Å². The Morgan fingerprint density at radius 3 is 2.41 bits per heavy atom. The fraction of sp³-hybridized carbons (Fsp3) is 0.133. The van der Waals surface area contributed by atoms with E-state index in [0.29, 0.717) is 5.69 Å². The first-order valence-electron chi connectivity index (χ1n) is 6.42. The third-order valence-electron chi connectivity index (χ3n) is 2.81. The van der Waals surface area contributed by atoms with Gasteiger partial charge in [0.15, 0.2) is 11.9 Å². The second-order valence-electron chi connectivity index (χ2n) is 4.46. The molecule has 1 atom stereocenters. The van der Waals surface area contributed by atoms with Crippen LogP contribution in [0, 0.1) is 0 Å². The Morgan fingerprint density at radius 1 is 1.18 bits per heavy atom. The van der Waals surface area contributed by atoms with Gasteiger partial charge in [-0.05, 0) is 43.3 Å². The average molecular weight is 302 g/mol. The lowest BCUT2D eigenvalue weighted by Gasteiger charge is -2.10. The van der Waals surface area contributed by atoms with Gasteiger partial charge >= 0.3 is 5.97 Å². The summed E-state index contributed by atoms with van der Waals surface area (Å²) < 4.78 is 9.83. The SMILES string of the molecule is C[C@H](OC(=O)c1ccc(NC(=O)c2ccco2)cc1)C(N)=O. The average Bonchev–Trinajstić information content (AvgIpc) is 3.02. The van der Waals surface area contributed by atoms with Gasteiger partial charge in [-0.2, -0.15) is 0 Å². The second kappa shape index (κ2) is 6.57. The summed E-state index contributed by atoms with van der Waals surface area (Å²) in [6.07, 6.45) is 0.388. The first kappa shape index (κ1) is 15.3. The molecule has 114 valence electrons. The number of rotatable bonds is 5. The van der Waals surface area contributed by atoms with Crippen LogP contribution in [-0.2, 0) is 9.53 Å². The van der Waals surface area contributed by atoms with E-state index in [2.05, 4.69) is 5.32 Å². The predicted molar refractivity (Wildman–Crippen MR) is 77.2 cm³/mol. The Morgan fingerprint density at radius 2 is 1.86 bits per heavy atom. The smallest absolute Gasteiger partial charge is 0.338 e. The van der Waals surface area contributed by atoms with Crippen molar-refractivity contribution in [2.75, 3.05) is 5.32 Å². The van der Waals surface area contributed by atoms with Crippen LogP contribution in [0.25, 0.3) is 0 Å². The lowest BCUT2D eigenvalue weighted by molar-refractivity contribution is -0.125. The van der Waals surface area contributed by atoms with Crippen LogP contribution in [0.3, 0.4) is 0 Å². The molecule has 2 aromatic rings. The maximum Gasteiger partial charge on any atom is 0.338 e. The molecule has 0 aliphatic heterocycles. The van der Waals surface area contributed by atoms with Gasteiger partial charge in [0, 0.05) is 5.69 Å². The Hall–Kier alpha value is -3.09. The number of esters is 1. The van der Waals surface area contributed by atoms with Crippen molar-refractivity contribution in [1.29, 1.82) is 0 Å². The van der Waals surface area contributed by atoms with E-state index in [1.807, 2.05) is 0 Å². The summed E-state index contributed by atoms with van der Waals surface area (Å²) >= 11 is 0. The quantitative estimate of drug-likeness (QED) is 0.814. The molecule has 0 unspecified atom stereocenters. The van der Waals surface area contributed by atoms with Crippen LogP contribution in [0.1, 0.15) is 27.8 Å². The highest BCUT2D eigenvalue weighted by Crippen LogP contribution is 2.13. The number of carbonyl (C=O) groups excluding carboxylic acids is 3. The zero-order valence-corrected chi connectivity index (χ0v) is 11.7. The summed E-state index contributed by atoms with van der Waals surface area (Å²) in [5.41, 5.74) is 5.74. The summed E-state index contributed by atoms with van der Waals surface area (Å²) in [7, 11) is 0. The lowest BCUT2D eigenvalue weighted by Crippen LogP contribution is -2.30. The molecule has 7 heteroatoms. The van der Waals surface area contributed by atoms with Crippen LogP contribution < -0.4 is 11.1 Å². The molecule has 0 fully saturated rings. The Labute approximate surface area is 126 Å². The number of furan rings is 1. The van der Waals surface area contributed by atoms with E-state index in [1.54, 1.807) is 6.07 Å². The molecular weight excluding hydrogens is 288 g/mol. The Balaban J connectivity index is 1.99. The third-order valence-corrected chi connectivity index (χ3v) is 2.81. The minimum absolute atomic E-state index is 0.179. The molecule has 2 amide bonds. The van der Waals surface area contributed by atoms with Crippen LogP contribution in [0.2, 0.25) is 0 Å². The van der Waals surface area contributed by atoms with Crippen molar-refractivity contribution in [3.05, 3.63) is 54.0 Å². The van der Waals surface area contributed by atoms with Gasteiger partial charge in [0.1, 0.15) is 0 Å². The Bertz CT molecular complexity index is 676. The number of anilines is 1. The van der Waals surface area contributed by atoms with E-state index in [9.17, 15) is 14.4 Å². The zero-order valence-electron chi connectivity index (χ0n) is 11.7. The first-order chi connectivity index (χ1) is 10.5. The summed E-state index contributed by atoms with van der Waals surface area (Å²) in [5, 5.41) is 2.61. The molecule has 1 aromatic heterocycles. The van der Waals surface area contributed by atoms with Crippen molar-refractivity contribution in [2.45, 2.75) is 13.0 Å². The summed E-state index contributed by atoms with van der Waals surface area (Å²) in [6.45, 7) is 1.39. The molecule has 0 bridgehead atoms. The van der Waals surface area contributed by atoms with Gasteiger partial charge < -0.3 is 20.2 Å². The number of nitrogens with two attached hydrogens (primary N) is 1. The zero-order chi connectivity index (χ0) is 16.1. The Kier molecular flexibility index (Phi) is 4.57. The maximum atomic E-state index is 11.8. The van der Waals surface area contributed by atoms with E-state index in [1.165, 1.54) is 43.5 Å². The fourth-order valence-electron chi connectivity index (χ4n) is 1.58. The maximum absolute atomic E-state index is 11.8.